The molecular weight excluding hydrogens is 248 g/mol. The standard InChI is InChI=1S/C14H19ClN2O/c1-10-2-3-12(8-13(10)15)14(18)17-7-5-11-4-6-16-9-11/h2-3,8,11,16H,4-7,9H2,1H3,(H,17,18). The number of carbonyl (C=O) groups excluding carboxylic acids is 1. The molecule has 0 aliphatic carbocycles. The maximum absolute atomic E-state index is 11.9. The number of aryl methyl sites for hydroxylation is 1. The van der Waals surface area contributed by atoms with E-state index in [2.05, 4.69) is 10.6 Å². The van der Waals surface area contributed by atoms with Crippen molar-refractivity contribution in [1.29, 1.82) is 0 Å². The molecule has 1 aromatic rings. The van der Waals surface area contributed by atoms with Crippen molar-refractivity contribution in [3.05, 3.63) is 34.3 Å². The molecule has 18 heavy (non-hydrogen) atoms. The number of amides is 1. The van der Waals surface area contributed by atoms with Crippen molar-refractivity contribution in [1.82, 2.24) is 10.6 Å². The fraction of sp³-hybridized carbons (Fsp3) is 0.500. The molecule has 1 amide bonds. The molecule has 98 valence electrons. The zero-order valence-corrected chi connectivity index (χ0v) is 11.4. The zero-order valence-electron chi connectivity index (χ0n) is 10.6. The third-order valence-electron chi connectivity index (χ3n) is 3.43. The lowest BCUT2D eigenvalue weighted by molar-refractivity contribution is 0.0951. The van der Waals surface area contributed by atoms with Crippen LogP contribution < -0.4 is 10.6 Å². The first-order valence-corrected chi connectivity index (χ1v) is 6.79. The summed E-state index contributed by atoms with van der Waals surface area (Å²) in [7, 11) is 0. The molecule has 1 atom stereocenters. The van der Waals surface area contributed by atoms with Crippen LogP contribution in [0.4, 0.5) is 0 Å². The molecule has 3 nitrogen and oxygen atoms in total. The van der Waals surface area contributed by atoms with Crippen molar-refractivity contribution < 1.29 is 4.79 Å². The monoisotopic (exact) mass is 266 g/mol. The molecule has 0 bridgehead atoms. The third kappa shape index (κ3) is 3.47. The van der Waals surface area contributed by atoms with Gasteiger partial charge in [0.05, 0.1) is 0 Å². The fourth-order valence-electron chi connectivity index (χ4n) is 2.19. The van der Waals surface area contributed by atoms with Crippen molar-refractivity contribution in [2.24, 2.45) is 5.92 Å². The molecule has 1 fully saturated rings. The number of nitrogens with one attached hydrogen (secondary N) is 2. The van der Waals surface area contributed by atoms with Gasteiger partial charge in [-0.1, -0.05) is 17.7 Å². The summed E-state index contributed by atoms with van der Waals surface area (Å²) in [5.41, 5.74) is 1.63. The number of rotatable bonds is 4. The highest BCUT2D eigenvalue weighted by atomic mass is 35.5. The molecule has 1 unspecified atom stereocenters. The third-order valence-corrected chi connectivity index (χ3v) is 3.84. The van der Waals surface area contributed by atoms with E-state index < -0.39 is 0 Å². The summed E-state index contributed by atoms with van der Waals surface area (Å²) in [4.78, 5) is 11.9. The van der Waals surface area contributed by atoms with Crippen molar-refractivity contribution in [3.63, 3.8) is 0 Å². The van der Waals surface area contributed by atoms with E-state index in [9.17, 15) is 4.79 Å². The number of halogens is 1. The SMILES string of the molecule is Cc1ccc(C(=O)NCCC2CCNC2)cc1Cl. The van der Waals surface area contributed by atoms with Crippen LogP contribution in [0.3, 0.4) is 0 Å². The topological polar surface area (TPSA) is 41.1 Å². The molecule has 1 aromatic carbocycles. The maximum atomic E-state index is 11.9. The van der Waals surface area contributed by atoms with Gasteiger partial charge in [-0.15, -0.1) is 0 Å². The Morgan fingerprint density at radius 1 is 1.56 bits per heavy atom. The van der Waals surface area contributed by atoms with Crippen LogP contribution in [0.2, 0.25) is 5.02 Å². The van der Waals surface area contributed by atoms with Crippen molar-refractivity contribution in [2.45, 2.75) is 19.8 Å². The highest BCUT2D eigenvalue weighted by Gasteiger charge is 2.14. The number of hydrogen-bond acceptors (Lipinski definition) is 2. The van der Waals surface area contributed by atoms with Gasteiger partial charge in [-0.2, -0.15) is 0 Å². The molecule has 2 N–H and O–H groups in total. The van der Waals surface area contributed by atoms with Crippen LogP contribution in [0.15, 0.2) is 18.2 Å². The van der Waals surface area contributed by atoms with Gasteiger partial charge in [0, 0.05) is 17.1 Å². The lowest BCUT2D eigenvalue weighted by Gasteiger charge is -2.10. The molecule has 0 aromatic heterocycles. The minimum absolute atomic E-state index is 0.0390. The molecule has 0 saturated carbocycles. The Morgan fingerprint density at radius 3 is 3.06 bits per heavy atom. The van der Waals surface area contributed by atoms with E-state index in [1.54, 1.807) is 6.07 Å². The van der Waals surface area contributed by atoms with Crippen LogP contribution in [0.25, 0.3) is 0 Å². The molecule has 1 aliphatic rings. The summed E-state index contributed by atoms with van der Waals surface area (Å²) in [6.45, 7) is 4.84. The maximum Gasteiger partial charge on any atom is 0.251 e. The molecule has 2 rings (SSSR count). The van der Waals surface area contributed by atoms with E-state index in [1.807, 2.05) is 19.1 Å². The van der Waals surface area contributed by atoms with Crippen molar-refractivity contribution in [3.8, 4) is 0 Å². The highest BCUT2D eigenvalue weighted by Crippen LogP contribution is 2.16. The predicted molar refractivity (Wildman–Crippen MR) is 74.1 cm³/mol. The number of hydrogen-bond donors (Lipinski definition) is 2. The molecular formula is C14H19ClN2O. The van der Waals surface area contributed by atoms with Gasteiger partial charge in [0.15, 0.2) is 0 Å². The average molecular weight is 267 g/mol. The minimum Gasteiger partial charge on any atom is -0.352 e. The lowest BCUT2D eigenvalue weighted by atomic mass is 10.1. The normalized spacial score (nSPS) is 18.9. The summed E-state index contributed by atoms with van der Waals surface area (Å²) in [6, 6.07) is 5.41. The Morgan fingerprint density at radius 2 is 2.39 bits per heavy atom. The number of carbonyl (C=O) groups is 1. The van der Waals surface area contributed by atoms with Crippen LogP contribution in [0.1, 0.15) is 28.8 Å². The van der Waals surface area contributed by atoms with Crippen LogP contribution in [-0.4, -0.2) is 25.5 Å². The Labute approximate surface area is 113 Å². The van der Waals surface area contributed by atoms with Crippen LogP contribution in [0.5, 0.6) is 0 Å². The second-order valence-electron chi connectivity index (χ2n) is 4.87. The summed E-state index contributed by atoms with van der Waals surface area (Å²) in [5.74, 6) is 0.662. The molecule has 1 saturated heterocycles. The molecule has 0 radical (unpaired) electrons. The molecule has 1 heterocycles. The van der Waals surface area contributed by atoms with E-state index >= 15 is 0 Å². The fourth-order valence-corrected chi connectivity index (χ4v) is 2.37. The van der Waals surface area contributed by atoms with E-state index in [4.69, 9.17) is 11.6 Å². The van der Waals surface area contributed by atoms with Crippen molar-refractivity contribution >= 4 is 17.5 Å². The summed E-state index contributed by atoms with van der Waals surface area (Å²) in [5, 5.41) is 6.91. The van der Waals surface area contributed by atoms with Gasteiger partial charge in [0.1, 0.15) is 0 Å². The molecule has 0 spiro atoms. The van der Waals surface area contributed by atoms with Crippen LogP contribution >= 0.6 is 11.6 Å². The Kier molecular flexibility index (Phi) is 4.61. The summed E-state index contributed by atoms with van der Waals surface area (Å²) in [6.07, 6.45) is 2.25. The largest absolute Gasteiger partial charge is 0.352 e. The lowest BCUT2D eigenvalue weighted by Crippen LogP contribution is -2.26. The van der Waals surface area contributed by atoms with Gasteiger partial charge < -0.3 is 10.6 Å². The van der Waals surface area contributed by atoms with Gasteiger partial charge in [-0.05, 0) is 56.5 Å². The highest BCUT2D eigenvalue weighted by molar-refractivity contribution is 6.31. The zero-order chi connectivity index (χ0) is 13.0. The first-order chi connectivity index (χ1) is 8.66. The molecule has 4 heteroatoms. The molecule has 1 aliphatic heterocycles. The Balaban J connectivity index is 1.81. The first-order valence-electron chi connectivity index (χ1n) is 6.42. The Hall–Kier alpha value is -1.06. The quantitative estimate of drug-likeness (QED) is 0.879. The Bertz CT molecular complexity index is 428. The minimum atomic E-state index is -0.0390. The predicted octanol–water partition coefficient (Wildman–Crippen LogP) is 2.38. The van der Waals surface area contributed by atoms with Gasteiger partial charge in [0.2, 0.25) is 0 Å². The van der Waals surface area contributed by atoms with E-state index in [1.165, 1.54) is 6.42 Å². The van der Waals surface area contributed by atoms with Gasteiger partial charge in [-0.3, -0.25) is 4.79 Å². The second kappa shape index (κ2) is 6.21. The van der Waals surface area contributed by atoms with Crippen molar-refractivity contribution in [2.75, 3.05) is 19.6 Å². The summed E-state index contributed by atoms with van der Waals surface area (Å²) < 4.78 is 0. The van der Waals surface area contributed by atoms with Gasteiger partial charge in [-0.25, -0.2) is 0 Å². The van der Waals surface area contributed by atoms with E-state index in [0.29, 0.717) is 16.5 Å². The van der Waals surface area contributed by atoms with E-state index in [0.717, 1.165) is 31.6 Å². The number of benzene rings is 1. The van der Waals surface area contributed by atoms with Gasteiger partial charge in [0.25, 0.3) is 5.91 Å². The van der Waals surface area contributed by atoms with Gasteiger partial charge >= 0.3 is 0 Å². The van der Waals surface area contributed by atoms with E-state index in [-0.39, 0.29) is 5.91 Å². The first kappa shape index (κ1) is 13.4. The summed E-state index contributed by atoms with van der Waals surface area (Å²) >= 11 is 6.01. The smallest absolute Gasteiger partial charge is 0.251 e. The second-order valence-corrected chi connectivity index (χ2v) is 5.27. The van der Waals surface area contributed by atoms with Crippen LogP contribution in [0, 0.1) is 12.8 Å². The average Bonchev–Trinajstić information content (AvgIpc) is 2.85. The van der Waals surface area contributed by atoms with Crippen LogP contribution in [-0.2, 0) is 0 Å².